The molecule has 0 nitrogen and oxygen atoms in total. The maximum absolute atomic E-state index is 14.7. The molecule has 1 aliphatic rings. The third-order valence-electron chi connectivity index (χ3n) is 5.85. The van der Waals surface area contributed by atoms with Crippen molar-refractivity contribution in [1.82, 2.24) is 0 Å². The molecular formula is C24H31F. The molecule has 134 valence electrons. The summed E-state index contributed by atoms with van der Waals surface area (Å²) >= 11 is 0. The van der Waals surface area contributed by atoms with E-state index in [4.69, 9.17) is 0 Å². The zero-order chi connectivity index (χ0) is 17.6. The molecule has 0 aromatic heterocycles. The molecule has 0 heterocycles. The van der Waals surface area contributed by atoms with E-state index in [0.717, 1.165) is 11.1 Å². The molecule has 0 saturated heterocycles. The quantitative estimate of drug-likeness (QED) is 0.503. The van der Waals surface area contributed by atoms with Crippen LogP contribution in [0.1, 0.15) is 88.2 Å². The van der Waals surface area contributed by atoms with Crippen molar-refractivity contribution in [2.45, 2.75) is 77.0 Å². The van der Waals surface area contributed by atoms with Gasteiger partial charge in [-0.2, -0.15) is 0 Å². The lowest BCUT2D eigenvalue weighted by atomic mass is 9.83. The lowest BCUT2D eigenvalue weighted by Gasteiger charge is -2.22. The van der Waals surface area contributed by atoms with Crippen LogP contribution in [0.15, 0.2) is 42.5 Å². The first-order valence-corrected chi connectivity index (χ1v) is 10.1. The lowest BCUT2D eigenvalue weighted by molar-refractivity contribution is 0.442. The van der Waals surface area contributed by atoms with Gasteiger partial charge in [-0.3, -0.25) is 0 Å². The Kier molecular flexibility index (Phi) is 6.29. The second kappa shape index (κ2) is 8.65. The monoisotopic (exact) mass is 338 g/mol. The summed E-state index contributed by atoms with van der Waals surface area (Å²) in [6.07, 6.45) is 10.0. The first kappa shape index (κ1) is 18.2. The van der Waals surface area contributed by atoms with Crippen molar-refractivity contribution in [2.75, 3.05) is 0 Å². The van der Waals surface area contributed by atoms with E-state index >= 15 is 0 Å². The number of benzene rings is 2. The van der Waals surface area contributed by atoms with Gasteiger partial charge in [0.05, 0.1) is 0 Å². The van der Waals surface area contributed by atoms with Crippen LogP contribution in [0.3, 0.4) is 0 Å². The van der Waals surface area contributed by atoms with Crippen molar-refractivity contribution in [1.29, 1.82) is 0 Å². The molecule has 0 amide bonds. The molecule has 0 radical (unpaired) electrons. The summed E-state index contributed by atoms with van der Waals surface area (Å²) in [6.45, 7) is 4.51. The van der Waals surface area contributed by atoms with Crippen molar-refractivity contribution < 1.29 is 4.39 Å². The zero-order valence-corrected chi connectivity index (χ0v) is 15.7. The van der Waals surface area contributed by atoms with Crippen LogP contribution in [0.25, 0.3) is 11.1 Å². The van der Waals surface area contributed by atoms with Gasteiger partial charge in [0.1, 0.15) is 5.82 Å². The predicted octanol–water partition coefficient (Wildman–Crippen LogP) is 7.83. The van der Waals surface area contributed by atoms with Crippen molar-refractivity contribution in [3.63, 3.8) is 0 Å². The standard InChI is InChI=1S/C24H31F/c1-3-4-8-18(2)19-11-13-21(14-12-19)23-16-15-22(17-24(23)25)20-9-6-5-7-10-20/h11-18,20H,3-10H2,1-2H3. The minimum Gasteiger partial charge on any atom is -0.206 e. The number of rotatable bonds is 6. The Bertz CT molecular complexity index is 665. The Hall–Kier alpha value is -1.63. The molecule has 3 rings (SSSR count). The fourth-order valence-electron chi connectivity index (χ4n) is 4.12. The lowest BCUT2D eigenvalue weighted by Crippen LogP contribution is -2.05. The van der Waals surface area contributed by atoms with Gasteiger partial charge in [0.25, 0.3) is 0 Å². The fraction of sp³-hybridized carbons (Fsp3) is 0.500. The van der Waals surface area contributed by atoms with E-state index in [0.29, 0.717) is 11.8 Å². The highest BCUT2D eigenvalue weighted by Gasteiger charge is 2.17. The normalized spacial score (nSPS) is 16.8. The van der Waals surface area contributed by atoms with Crippen molar-refractivity contribution >= 4 is 0 Å². The van der Waals surface area contributed by atoms with Crippen LogP contribution in [0.4, 0.5) is 4.39 Å². The minimum atomic E-state index is -0.0742. The Morgan fingerprint density at radius 3 is 2.36 bits per heavy atom. The van der Waals surface area contributed by atoms with E-state index in [2.05, 4.69) is 44.2 Å². The third-order valence-corrected chi connectivity index (χ3v) is 5.85. The number of hydrogen-bond acceptors (Lipinski definition) is 0. The van der Waals surface area contributed by atoms with Crippen LogP contribution in [-0.4, -0.2) is 0 Å². The van der Waals surface area contributed by atoms with E-state index < -0.39 is 0 Å². The Labute approximate surface area is 152 Å². The van der Waals surface area contributed by atoms with Gasteiger partial charge in [-0.25, -0.2) is 4.39 Å². The molecule has 0 bridgehead atoms. The van der Waals surface area contributed by atoms with E-state index in [9.17, 15) is 4.39 Å². The summed E-state index contributed by atoms with van der Waals surface area (Å²) in [5.74, 6) is 1.06. The van der Waals surface area contributed by atoms with Crippen molar-refractivity contribution in [3.8, 4) is 11.1 Å². The average Bonchev–Trinajstić information content (AvgIpc) is 2.67. The van der Waals surface area contributed by atoms with Crippen molar-refractivity contribution in [2.24, 2.45) is 0 Å². The predicted molar refractivity (Wildman–Crippen MR) is 106 cm³/mol. The summed E-state index contributed by atoms with van der Waals surface area (Å²) in [7, 11) is 0. The fourth-order valence-corrected chi connectivity index (χ4v) is 4.12. The third kappa shape index (κ3) is 4.51. The summed E-state index contributed by atoms with van der Waals surface area (Å²) in [6, 6.07) is 14.4. The topological polar surface area (TPSA) is 0 Å². The SMILES string of the molecule is CCCCC(C)c1ccc(-c2ccc(C3CCCCC3)cc2F)cc1. The molecule has 1 atom stereocenters. The van der Waals surface area contributed by atoms with Crippen LogP contribution < -0.4 is 0 Å². The second-order valence-electron chi connectivity index (χ2n) is 7.74. The largest absolute Gasteiger partial charge is 0.206 e. The first-order chi connectivity index (χ1) is 12.2. The van der Waals surface area contributed by atoms with Crippen LogP contribution in [0.2, 0.25) is 0 Å². The summed E-state index contributed by atoms with van der Waals surface area (Å²) < 4.78 is 14.7. The van der Waals surface area contributed by atoms with Crippen LogP contribution in [-0.2, 0) is 0 Å². The Morgan fingerprint density at radius 2 is 1.72 bits per heavy atom. The van der Waals surface area contributed by atoms with Gasteiger partial charge >= 0.3 is 0 Å². The molecule has 0 aliphatic heterocycles. The highest BCUT2D eigenvalue weighted by Crippen LogP contribution is 2.35. The van der Waals surface area contributed by atoms with Crippen molar-refractivity contribution in [3.05, 3.63) is 59.4 Å². The molecule has 0 N–H and O–H groups in total. The zero-order valence-electron chi connectivity index (χ0n) is 15.7. The molecule has 2 aromatic carbocycles. The van der Waals surface area contributed by atoms with Gasteiger partial charge in [0.2, 0.25) is 0 Å². The van der Waals surface area contributed by atoms with E-state index in [1.54, 1.807) is 6.07 Å². The smallest absolute Gasteiger partial charge is 0.131 e. The average molecular weight is 339 g/mol. The van der Waals surface area contributed by atoms with Gasteiger partial charge in [-0.1, -0.05) is 82.3 Å². The van der Waals surface area contributed by atoms with Crippen LogP contribution >= 0.6 is 0 Å². The van der Waals surface area contributed by atoms with Gasteiger partial charge in [0, 0.05) is 5.56 Å². The second-order valence-corrected chi connectivity index (χ2v) is 7.74. The van der Waals surface area contributed by atoms with E-state index in [-0.39, 0.29) is 5.82 Å². The number of unbranched alkanes of at least 4 members (excludes halogenated alkanes) is 1. The molecule has 1 saturated carbocycles. The number of hydrogen-bond donors (Lipinski definition) is 0. The van der Waals surface area contributed by atoms with Gasteiger partial charge in [-0.15, -0.1) is 0 Å². The van der Waals surface area contributed by atoms with Crippen LogP contribution in [0.5, 0.6) is 0 Å². The molecule has 1 aliphatic carbocycles. The Morgan fingerprint density at radius 1 is 1.00 bits per heavy atom. The summed E-state index contributed by atoms with van der Waals surface area (Å²) in [5.41, 5.74) is 4.26. The molecule has 25 heavy (non-hydrogen) atoms. The van der Waals surface area contributed by atoms with Gasteiger partial charge < -0.3 is 0 Å². The highest BCUT2D eigenvalue weighted by molar-refractivity contribution is 5.65. The Balaban J connectivity index is 1.75. The highest BCUT2D eigenvalue weighted by atomic mass is 19.1. The summed E-state index contributed by atoms with van der Waals surface area (Å²) in [5, 5.41) is 0. The molecule has 1 heteroatoms. The molecule has 0 spiro atoms. The molecule has 2 aromatic rings. The molecule has 1 fully saturated rings. The maximum Gasteiger partial charge on any atom is 0.131 e. The first-order valence-electron chi connectivity index (χ1n) is 10.1. The number of halogens is 1. The molecule has 1 unspecified atom stereocenters. The molecular weight excluding hydrogens is 307 g/mol. The van der Waals surface area contributed by atoms with Gasteiger partial charge in [-0.05, 0) is 53.9 Å². The van der Waals surface area contributed by atoms with E-state index in [1.165, 1.54) is 62.5 Å². The minimum absolute atomic E-state index is 0.0742. The van der Waals surface area contributed by atoms with E-state index in [1.807, 2.05) is 6.07 Å². The summed E-state index contributed by atoms with van der Waals surface area (Å²) in [4.78, 5) is 0. The van der Waals surface area contributed by atoms with Gasteiger partial charge in [0.15, 0.2) is 0 Å². The van der Waals surface area contributed by atoms with Crippen LogP contribution in [0, 0.1) is 5.82 Å². The maximum atomic E-state index is 14.7.